The van der Waals surface area contributed by atoms with Crippen LogP contribution in [0, 0.1) is 10.1 Å². The summed E-state index contributed by atoms with van der Waals surface area (Å²) in [7, 11) is 0. The van der Waals surface area contributed by atoms with Gasteiger partial charge in [-0.25, -0.2) is 0 Å². The van der Waals surface area contributed by atoms with Gasteiger partial charge in [0.15, 0.2) is 0 Å². The average Bonchev–Trinajstić information content (AvgIpc) is 2.69. The first-order valence-corrected chi connectivity index (χ1v) is 8.50. The smallest absolute Gasteiger partial charge is 0.271 e. The summed E-state index contributed by atoms with van der Waals surface area (Å²) in [6.07, 6.45) is 1.76. The number of carbonyl (C=O) groups is 1. The predicted octanol–water partition coefficient (Wildman–Crippen LogP) is 5.43. The lowest BCUT2D eigenvalue weighted by Gasteiger charge is -2.11. The summed E-state index contributed by atoms with van der Waals surface area (Å²) in [5.74, 6) is -0.410. The zero-order chi connectivity index (χ0) is 19.2. The van der Waals surface area contributed by atoms with E-state index >= 15 is 0 Å². The normalized spacial score (nSPS) is 11.1. The molecule has 0 aliphatic heterocycles. The van der Waals surface area contributed by atoms with Crippen molar-refractivity contribution in [2.45, 2.75) is 0 Å². The third kappa shape index (κ3) is 4.59. The molecule has 0 aliphatic rings. The standard InChI is InChI=1S/C21H15ClN2O3/c22-19-12-11-17(24(26)27)14-20(19)23-21(25)18(16-9-5-2-6-10-16)13-15-7-3-1-4-8-15/h1-14H,(H,23,25)/b18-13+. The molecule has 0 saturated heterocycles. The van der Waals surface area contributed by atoms with Crippen molar-refractivity contribution in [1.29, 1.82) is 0 Å². The highest BCUT2D eigenvalue weighted by Crippen LogP contribution is 2.28. The number of hydrogen-bond acceptors (Lipinski definition) is 3. The van der Waals surface area contributed by atoms with Crippen LogP contribution in [-0.4, -0.2) is 10.8 Å². The Hall–Kier alpha value is -3.44. The van der Waals surface area contributed by atoms with Crippen LogP contribution < -0.4 is 5.32 Å². The first kappa shape index (κ1) is 18.4. The van der Waals surface area contributed by atoms with Crippen LogP contribution in [-0.2, 0) is 4.79 Å². The second-order valence-corrected chi connectivity index (χ2v) is 6.12. The lowest BCUT2D eigenvalue weighted by atomic mass is 10.0. The van der Waals surface area contributed by atoms with E-state index in [2.05, 4.69) is 5.32 Å². The molecule has 3 aromatic carbocycles. The Bertz CT molecular complexity index is 1000. The van der Waals surface area contributed by atoms with E-state index in [9.17, 15) is 14.9 Å². The largest absolute Gasteiger partial charge is 0.320 e. The van der Waals surface area contributed by atoms with E-state index in [-0.39, 0.29) is 16.4 Å². The number of nitrogens with zero attached hydrogens (tertiary/aromatic N) is 1. The van der Waals surface area contributed by atoms with Gasteiger partial charge in [0.05, 0.1) is 15.6 Å². The Morgan fingerprint density at radius 2 is 1.59 bits per heavy atom. The van der Waals surface area contributed by atoms with Gasteiger partial charge in [0.1, 0.15) is 0 Å². The molecule has 0 aliphatic carbocycles. The Morgan fingerprint density at radius 3 is 2.22 bits per heavy atom. The number of amides is 1. The number of halogens is 1. The second-order valence-electron chi connectivity index (χ2n) is 5.71. The Morgan fingerprint density at radius 1 is 0.963 bits per heavy atom. The van der Waals surface area contributed by atoms with Crippen LogP contribution in [0.25, 0.3) is 11.6 Å². The Labute approximate surface area is 161 Å². The highest BCUT2D eigenvalue weighted by atomic mass is 35.5. The van der Waals surface area contributed by atoms with Gasteiger partial charge in [-0.05, 0) is 23.3 Å². The van der Waals surface area contributed by atoms with E-state index in [0.29, 0.717) is 5.57 Å². The molecule has 3 rings (SSSR count). The summed E-state index contributed by atoms with van der Waals surface area (Å²) in [6.45, 7) is 0. The van der Waals surface area contributed by atoms with Crippen LogP contribution in [0.15, 0.2) is 78.9 Å². The van der Waals surface area contributed by atoms with Crippen molar-refractivity contribution >= 4 is 40.5 Å². The molecule has 0 heterocycles. The number of anilines is 1. The third-order valence-electron chi connectivity index (χ3n) is 3.85. The average molecular weight is 379 g/mol. The molecular formula is C21H15ClN2O3. The van der Waals surface area contributed by atoms with Crippen molar-refractivity contribution in [2.75, 3.05) is 5.32 Å². The first-order valence-electron chi connectivity index (χ1n) is 8.12. The van der Waals surface area contributed by atoms with Gasteiger partial charge in [0.25, 0.3) is 11.6 Å². The molecule has 27 heavy (non-hydrogen) atoms. The maximum atomic E-state index is 12.9. The molecule has 0 spiro atoms. The SMILES string of the molecule is O=C(Nc1cc([N+](=O)[O-])ccc1Cl)/C(=C/c1ccccc1)c1ccccc1. The molecule has 0 fully saturated rings. The minimum Gasteiger partial charge on any atom is -0.320 e. The minimum absolute atomic E-state index is 0.150. The quantitative estimate of drug-likeness (QED) is 0.278. The predicted molar refractivity (Wildman–Crippen MR) is 107 cm³/mol. The zero-order valence-corrected chi connectivity index (χ0v) is 14.9. The fourth-order valence-corrected chi connectivity index (χ4v) is 2.69. The van der Waals surface area contributed by atoms with E-state index in [0.717, 1.165) is 11.1 Å². The van der Waals surface area contributed by atoms with Crippen molar-refractivity contribution in [2.24, 2.45) is 0 Å². The molecule has 0 unspecified atom stereocenters. The zero-order valence-electron chi connectivity index (χ0n) is 14.1. The molecule has 0 bridgehead atoms. The maximum absolute atomic E-state index is 12.9. The van der Waals surface area contributed by atoms with Gasteiger partial charge < -0.3 is 5.32 Å². The van der Waals surface area contributed by atoms with Crippen LogP contribution in [0.4, 0.5) is 11.4 Å². The van der Waals surface area contributed by atoms with E-state index in [1.54, 1.807) is 6.08 Å². The fourth-order valence-electron chi connectivity index (χ4n) is 2.53. The lowest BCUT2D eigenvalue weighted by Crippen LogP contribution is -2.14. The van der Waals surface area contributed by atoms with E-state index in [4.69, 9.17) is 11.6 Å². The van der Waals surface area contributed by atoms with Gasteiger partial charge in [0.2, 0.25) is 0 Å². The van der Waals surface area contributed by atoms with Crippen molar-refractivity contribution in [3.63, 3.8) is 0 Å². The topological polar surface area (TPSA) is 72.2 Å². The second kappa shape index (κ2) is 8.29. The third-order valence-corrected chi connectivity index (χ3v) is 4.18. The molecule has 134 valence electrons. The molecular weight excluding hydrogens is 364 g/mol. The summed E-state index contributed by atoms with van der Waals surface area (Å²) >= 11 is 6.10. The number of carbonyl (C=O) groups excluding carboxylic acids is 1. The number of nitro groups is 1. The highest BCUT2D eigenvalue weighted by molar-refractivity contribution is 6.36. The van der Waals surface area contributed by atoms with Crippen molar-refractivity contribution in [1.82, 2.24) is 0 Å². The number of rotatable bonds is 5. The van der Waals surface area contributed by atoms with Crippen LogP contribution in [0.5, 0.6) is 0 Å². The van der Waals surface area contributed by atoms with Crippen LogP contribution in [0.3, 0.4) is 0 Å². The number of hydrogen-bond donors (Lipinski definition) is 1. The summed E-state index contributed by atoms with van der Waals surface area (Å²) in [6, 6.07) is 22.5. The molecule has 0 radical (unpaired) electrons. The number of nitrogens with one attached hydrogen (secondary N) is 1. The summed E-state index contributed by atoms with van der Waals surface area (Å²) in [4.78, 5) is 23.4. The van der Waals surface area contributed by atoms with E-state index in [1.165, 1.54) is 18.2 Å². The molecule has 3 aromatic rings. The van der Waals surface area contributed by atoms with Crippen LogP contribution in [0.2, 0.25) is 5.02 Å². The number of nitro benzene ring substituents is 1. The van der Waals surface area contributed by atoms with Crippen molar-refractivity contribution < 1.29 is 9.72 Å². The molecule has 6 heteroatoms. The maximum Gasteiger partial charge on any atom is 0.271 e. The van der Waals surface area contributed by atoms with Crippen LogP contribution in [0.1, 0.15) is 11.1 Å². The molecule has 0 saturated carbocycles. The molecule has 0 aromatic heterocycles. The molecule has 0 atom stereocenters. The number of benzene rings is 3. The Kier molecular flexibility index (Phi) is 5.64. The number of non-ortho nitro benzene ring substituents is 1. The fraction of sp³-hybridized carbons (Fsp3) is 0. The summed E-state index contributed by atoms with van der Waals surface area (Å²) in [5, 5.41) is 13.9. The van der Waals surface area contributed by atoms with Gasteiger partial charge in [0, 0.05) is 17.7 Å². The molecule has 5 nitrogen and oxygen atoms in total. The lowest BCUT2D eigenvalue weighted by molar-refractivity contribution is -0.384. The van der Waals surface area contributed by atoms with Gasteiger partial charge in [-0.2, -0.15) is 0 Å². The summed E-state index contributed by atoms with van der Waals surface area (Å²) < 4.78 is 0. The molecule has 1 N–H and O–H groups in total. The van der Waals surface area contributed by atoms with Gasteiger partial charge in [-0.15, -0.1) is 0 Å². The monoisotopic (exact) mass is 378 g/mol. The highest BCUT2D eigenvalue weighted by Gasteiger charge is 2.16. The first-order chi connectivity index (χ1) is 13.0. The van der Waals surface area contributed by atoms with Gasteiger partial charge in [-0.1, -0.05) is 72.3 Å². The van der Waals surface area contributed by atoms with Crippen molar-refractivity contribution in [3.8, 4) is 0 Å². The summed E-state index contributed by atoms with van der Waals surface area (Å²) in [5.41, 5.74) is 2.04. The van der Waals surface area contributed by atoms with E-state index < -0.39 is 10.8 Å². The van der Waals surface area contributed by atoms with Crippen molar-refractivity contribution in [3.05, 3.63) is 105 Å². The van der Waals surface area contributed by atoms with Gasteiger partial charge >= 0.3 is 0 Å². The Balaban J connectivity index is 1.99. The minimum atomic E-state index is -0.538. The van der Waals surface area contributed by atoms with Crippen LogP contribution >= 0.6 is 11.6 Å². The molecule has 1 amide bonds. The van der Waals surface area contributed by atoms with E-state index in [1.807, 2.05) is 60.7 Å². The van der Waals surface area contributed by atoms with Gasteiger partial charge in [-0.3, -0.25) is 14.9 Å².